The fraction of sp³-hybridized carbons (Fsp3) is 0.409. The van der Waals surface area contributed by atoms with E-state index in [1.807, 2.05) is 43.3 Å². The zero-order chi connectivity index (χ0) is 19.6. The van der Waals surface area contributed by atoms with Crippen molar-refractivity contribution in [2.75, 3.05) is 19.8 Å². The molecule has 2 aromatic carbocycles. The maximum atomic E-state index is 11.7. The maximum absolute atomic E-state index is 11.7. The molecule has 0 aromatic heterocycles. The predicted molar refractivity (Wildman–Crippen MR) is 106 cm³/mol. The standard InChI is InChI=1S/C22H29NO4/c1-4-25-22(24)17(3)15-26-21-11-10-20(13-16(21)2)27-19-9-5-7-18(14-19)8-6-12-23/h5,7,9-11,13-14,17H,4,6,8,12,15,23H2,1-3H3. The van der Waals surface area contributed by atoms with E-state index in [9.17, 15) is 4.79 Å². The summed E-state index contributed by atoms with van der Waals surface area (Å²) in [5, 5.41) is 0. The van der Waals surface area contributed by atoms with Crippen molar-refractivity contribution in [2.45, 2.75) is 33.6 Å². The lowest BCUT2D eigenvalue weighted by molar-refractivity contribution is -0.148. The summed E-state index contributed by atoms with van der Waals surface area (Å²) in [6.07, 6.45) is 1.90. The molecule has 5 nitrogen and oxygen atoms in total. The van der Waals surface area contributed by atoms with Crippen LogP contribution in [0.15, 0.2) is 42.5 Å². The first-order valence-corrected chi connectivity index (χ1v) is 9.40. The van der Waals surface area contributed by atoms with Crippen LogP contribution in [0.1, 0.15) is 31.4 Å². The van der Waals surface area contributed by atoms with Gasteiger partial charge in [0.1, 0.15) is 23.9 Å². The van der Waals surface area contributed by atoms with Gasteiger partial charge in [0.05, 0.1) is 12.5 Å². The molecular weight excluding hydrogens is 342 g/mol. The number of ether oxygens (including phenoxy) is 3. The largest absolute Gasteiger partial charge is 0.492 e. The van der Waals surface area contributed by atoms with Crippen LogP contribution >= 0.6 is 0 Å². The van der Waals surface area contributed by atoms with Crippen molar-refractivity contribution in [3.05, 3.63) is 53.6 Å². The molecule has 0 fully saturated rings. The minimum atomic E-state index is -0.309. The predicted octanol–water partition coefficient (Wildman–Crippen LogP) is 4.26. The van der Waals surface area contributed by atoms with E-state index in [-0.39, 0.29) is 18.5 Å². The summed E-state index contributed by atoms with van der Waals surface area (Å²) in [6, 6.07) is 13.7. The molecule has 146 valence electrons. The van der Waals surface area contributed by atoms with Crippen LogP contribution < -0.4 is 15.2 Å². The summed E-state index contributed by atoms with van der Waals surface area (Å²) in [6.45, 7) is 6.88. The van der Waals surface area contributed by atoms with Crippen molar-refractivity contribution >= 4 is 5.97 Å². The Labute approximate surface area is 161 Å². The van der Waals surface area contributed by atoms with E-state index in [0.717, 1.165) is 35.7 Å². The summed E-state index contributed by atoms with van der Waals surface area (Å²) in [4.78, 5) is 11.7. The van der Waals surface area contributed by atoms with E-state index in [0.29, 0.717) is 13.2 Å². The quantitative estimate of drug-likeness (QED) is 0.632. The number of benzene rings is 2. The van der Waals surface area contributed by atoms with Gasteiger partial charge in [0.15, 0.2) is 0 Å². The number of hydrogen-bond acceptors (Lipinski definition) is 5. The van der Waals surface area contributed by atoms with E-state index in [2.05, 4.69) is 6.07 Å². The van der Waals surface area contributed by atoms with Gasteiger partial charge in [0, 0.05) is 0 Å². The molecule has 2 N–H and O–H groups in total. The fourth-order valence-electron chi connectivity index (χ4n) is 2.62. The van der Waals surface area contributed by atoms with Crippen LogP contribution in [-0.2, 0) is 16.0 Å². The molecule has 0 saturated heterocycles. The average molecular weight is 371 g/mol. The highest BCUT2D eigenvalue weighted by atomic mass is 16.5. The lowest BCUT2D eigenvalue weighted by Gasteiger charge is -2.15. The van der Waals surface area contributed by atoms with Crippen LogP contribution in [0, 0.1) is 12.8 Å². The van der Waals surface area contributed by atoms with Gasteiger partial charge in [0.25, 0.3) is 0 Å². The van der Waals surface area contributed by atoms with Crippen LogP contribution in [0.25, 0.3) is 0 Å². The van der Waals surface area contributed by atoms with Crippen LogP contribution in [0.5, 0.6) is 17.2 Å². The summed E-state index contributed by atoms with van der Waals surface area (Å²) in [7, 11) is 0. The first kappa shape index (κ1) is 20.8. The number of rotatable bonds is 10. The Balaban J connectivity index is 1.97. The van der Waals surface area contributed by atoms with E-state index in [4.69, 9.17) is 19.9 Å². The van der Waals surface area contributed by atoms with Crippen molar-refractivity contribution in [1.82, 2.24) is 0 Å². The van der Waals surface area contributed by atoms with Gasteiger partial charge in [-0.3, -0.25) is 4.79 Å². The van der Waals surface area contributed by atoms with Crippen LogP contribution in [0.2, 0.25) is 0 Å². The van der Waals surface area contributed by atoms with Gasteiger partial charge in [-0.05, 0) is 81.6 Å². The monoisotopic (exact) mass is 371 g/mol. The number of carbonyl (C=O) groups is 1. The SMILES string of the molecule is CCOC(=O)C(C)COc1ccc(Oc2cccc(CCCN)c2)cc1C. The van der Waals surface area contributed by atoms with Crippen LogP contribution in [-0.4, -0.2) is 25.7 Å². The van der Waals surface area contributed by atoms with Crippen molar-refractivity contribution in [3.63, 3.8) is 0 Å². The molecule has 0 spiro atoms. The second-order valence-electron chi connectivity index (χ2n) is 6.53. The fourth-order valence-corrected chi connectivity index (χ4v) is 2.62. The molecule has 0 radical (unpaired) electrons. The van der Waals surface area contributed by atoms with Crippen molar-refractivity contribution in [2.24, 2.45) is 11.7 Å². The maximum Gasteiger partial charge on any atom is 0.312 e. The molecule has 2 aromatic rings. The van der Waals surface area contributed by atoms with Gasteiger partial charge >= 0.3 is 5.97 Å². The smallest absolute Gasteiger partial charge is 0.312 e. The molecule has 1 unspecified atom stereocenters. The molecular formula is C22H29NO4. The zero-order valence-corrected chi connectivity index (χ0v) is 16.4. The van der Waals surface area contributed by atoms with E-state index in [1.54, 1.807) is 13.8 Å². The highest BCUT2D eigenvalue weighted by Gasteiger charge is 2.15. The van der Waals surface area contributed by atoms with Crippen molar-refractivity contribution in [3.8, 4) is 17.2 Å². The number of esters is 1. The normalized spacial score (nSPS) is 11.7. The van der Waals surface area contributed by atoms with E-state index < -0.39 is 0 Å². The Kier molecular flexibility index (Phi) is 8.14. The first-order valence-electron chi connectivity index (χ1n) is 9.40. The van der Waals surface area contributed by atoms with E-state index in [1.165, 1.54) is 5.56 Å². The van der Waals surface area contributed by atoms with Gasteiger partial charge in [-0.15, -0.1) is 0 Å². The van der Waals surface area contributed by atoms with Crippen molar-refractivity contribution in [1.29, 1.82) is 0 Å². The third-order valence-corrected chi connectivity index (χ3v) is 4.13. The number of hydrogen-bond donors (Lipinski definition) is 1. The Hall–Kier alpha value is -2.53. The summed E-state index contributed by atoms with van der Waals surface area (Å²) >= 11 is 0. The highest BCUT2D eigenvalue weighted by Crippen LogP contribution is 2.28. The van der Waals surface area contributed by atoms with Gasteiger partial charge in [0.2, 0.25) is 0 Å². The lowest BCUT2D eigenvalue weighted by atomic mass is 10.1. The molecule has 0 aliphatic rings. The molecule has 5 heteroatoms. The molecule has 0 saturated carbocycles. The second-order valence-corrected chi connectivity index (χ2v) is 6.53. The van der Waals surface area contributed by atoms with Crippen molar-refractivity contribution < 1.29 is 19.0 Å². The molecule has 0 aliphatic carbocycles. The van der Waals surface area contributed by atoms with Gasteiger partial charge in [-0.25, -0.2) is 0 Å². The average Bonchev–Trinajstić information content (AvgIpc) is 2.66. The van der Waals surface area contributed by atoms with E-state index >= 15 is 0 Å². The molecule has 0 aliphatic heterocycles. The number of carbonyl (C=O) groups excluding carboxylic acids is 1. The molecule has 0 bridgehead atoms. The van der Waals surface area contributed by atoms with Gasteiger partial charge < -0.3 is 19.9 Å². The third kappa shape index (κ3) is 6.61. The molecule has 27 heavy (non-hydrogen) atoms. The number of nitrogens with two attached hydrogens (primary N) is 1. The topological polar surface area (TPSA) is 70.8 Å². The Bertz CT molecular complexity index is 745. The third-order valence-electron chi connectivity index (χ3n) is 4.13. The lowest BCUT2D eigenvalue weighted by Crippen LogP contribution is -2.21. The van der Waals surface area contributed by atoms with Crippen LogP contribution in [0.3, 0.4) is 0 Å². The Morgan fingerprint density at radius 1 is 1.15 bits per heavy atom. The first-order chi connectivity index (χ1) is 13.0. The van der Waals surface area contributed by atoms with Crippen LogP contribution in [0.4, 0.5) is 0 Å². The summed E-state index contributed by atoms with van der Waals surface area (Å²) < 4.78 is 16.7. The molecule has 1 atom stereocenters. The zero-order valence-electron chi connectivity index (χ0n) is 16.4. The van der Waals surface area contributed by atoms with Gasteiger partial charge in [-0.1, -0.05) is 12.1 Å². The minimum absolute atomic E-state index is 0.246. The number of aryl methyl sites for hydroxylation is 2. The minimum Gasteiger partial charge on any atom is -0.492 e. The molecule has 2 rings (SSSR count). The summed E-state index contributed by atoms with van der Waals surface area (Å²) in [5.41, 5.74) is 7.73. The second kappa shape index (κ2) is 10.6. The Morgan fingerprint density at radius 3 is 2.63 bits per heavy atom. The molecule has 0 amide bonds. The summed E-state index contributed by atoms with van der Waals surface area (Å²) in [5.74, 6) is 1.72. The van der Waals surface area contributed by atoms with Gasteiger partial charge in [-0.2, -0.15) is 0 Å². The highest BCUT2D eigenvalue weighted by molar-refractivity contribution is 5.72. The Morgan fingerprint density at radius 2 is 1.93 bits per heavy atom. The molecule has 0 heterocycles.